The number of aromatic nitrogens is 1. The zero-order valence-corrected chi connectivity index (χ0v) is 16.8. The fourth-order valence-corrected chi connectivity index (χ4v) is 3.17. The maximum absolute atomic E-state index is 13.6. The molecule has 5 nitrogen and oxygen atoms in total. The lowest BCUT2D eigenvalue weighted by atomic mass is 9.83. The van der Waals surface area contributed by atoms with Gasteiger partial charge >= 0.3 is 0 Å². The lowest BCUT2D eigenvalue weighted by Gasteiger charge is -2.29. The second kappa shape index (κ2) is 10.8. The Morgan fingerprint density at radius 1 is 1.38 bits per heavy atom. The van der Waals surface area contributed by atoms with Gasteiger partial charge in [0, 0.05) is 33.5 Å². The molecular formula is C17H28FIN4O. The van der Waals surface area contributed by atoms with Crippen LogP contribution >= 0.6 is 24.0 Å². The quantitative estimate of drug-likeness (QED) is 0.381. The van der Waals surface area contributed by atoms with Crippen molar-refractivity contribution in [3.8, 4) is 0 Å². The van der Waals surface area contributed by atoms with Crippen LogP contribution in [0.2, 0.25) is 0 Å². The van der Waals surface area contributed by atoms with Crippen LogP contribution in [-0.4, -0.2) is 38.3 Å². The monoisotopic (exact) mass is 450 g/mol. The van der Waals surface area contributed by atoms with Gasteiger partial charge in [-0.3, -0.25) is 9.98 Å². The Kier molecular flexibility index (Phi) is 9.50. The maximum Gasteiger partial charge on any atom is 0.191 e. The van der Waals surface area contributed by atoms with Crippen LogP contribution in [0.4, 0.5) is 4.39 Å². The van der Waals surface area contributed by atoms with Crippen LogP contribution in [0.1, 0.15) is 37.8 Å². The minimum Gasteiger partial charge on any atom is -0.385 e. The smallest absolute Gasteiger partial charge is 0.191 e. The molecule has 24 heavy (non-hydrogen) atoms. The van der Waals surface area contributed by atoms with E-state index < -0.39 is 0 Å². The van der Waals surface area contributed by atoms with Crippen LogP contribution in [0.15, 0.2) is 23.3 Å². The molecule has 1 heterocycles. The Labute approximate surface area is 160 Å². The predicted molar refractivity (Wildman–Crippen MR) is 105 cm³/mol. The van der Waals surface area contributed by atoms with Gasteiger partial charge in [0.2, 0.25) is 0 Å². The molecule has 2 N–H and O–H groups in total. The summed E-state index contributed by atoms with van der Waals surface area (Å²) >= 11 is 0. The van der Waals surface area contributed by atoms with Gasteiger partial charge in [0.1, 0.15) is 5.82 Å². The molecular weight excluding hydrogens is 422 g/mol. The van der Waals surface area contributed by atoms with Gasteiger partial charge in [0.05, 0.1) is 12.2 Å². The third-order valence-corrected chi connectivity index (χ3v) is 4.61. The van der Waals surface area contributed by atoms with E-state index >= 15 is 0 Å². The lowest BCUT2D eigenvalue weighted by molar-refractivity contribution is 0.138. The van der Waals surface area contributed by atoms with Crippen molar-refractivity contribution in [2.45, 2.75) is 38.6 Å². The van der Waals surface area contributed by atoms with Crippen molar-refractivity contribution in [3.05, 3.63) is 29.8 Å². The van der Waals surface area contributed by atoms with Gasteiger partial charge in [-0.2, -0.15) is 0 Å². The summed E-state index contributed by atoms with van der Waals surface area (Å²) in [5.74, 6) is 0.376. The Balaban J connectivity index is 0.00000288. The number of hydrogen-bond donors (Lipinski definition) is 2. The molecule has 136 valence electrons. The van der Waals surface area contributed by atoms with Crippen molar-refractivity contribution in [3.63, 3.8) is 0 Å². The molecule has 1 aromatic rings. The first-order valence-corrected chi connectivity index (χ1v) is 8.22. The van der Waals surface area contributed by atoms with Crippen LogP contribution in [0.3, 0.4) is 0 Å². The molecule has 0 bridgehead atoms. The van der Waals surface area contributed by atoms with E-state index in [-0.39, 0.29) is 35.2 Å². The summed E-state index contributed by atoms with van der Waals surface area (Å²) in [6, 6.07) is 3.00. The molecule has 1 aromatic heterocycles. The third kappa shape index (κ3) is 6.16. The average Bonchev–Trinajstić information content (AvgIpc) is 3.04. The molecule has 0 unspecified atom stereocenters. The number of ether oxygens (including phenoxy) is 1. The van der Waals surface area contributed by atoms with E-state index in [9.17, 15) is 4.39 Å². The second-order valence-electron chi connectivity index (χ2n) is 6.16. The molecule has 7 heteroatoms. The first-order chi connectivity index (χ1) is 11.2. The van der Waals surface area contributed by atoms with E-state index in [4.69, 9.17) is 4.74 Å². The van der Waals surface area contributed by atoms with Crippen molar-refractivity contribution in [2.75, 3.05) is 27.3 Å². The third-order valence-electron chi connectivity index (χ3n) is 4.61. The highest BCUT2D eigenvalue weighted by molar-refractivity contribution is 14.0. The first-order valence-electron chi connectivity index (χ1n) is 8.22. The number of nitrogens with one attached hydrogen (secondary N) is 2. The molecule has 0 atom stereocenters. The number of pyridine rings is 1. The van der Waals surface area contributed by atoms with Crippen molar-refractivity contribution in [1.82, 2.24) is 15.6 Å². The molecule has 0 aromatic carbocycles. The number of aliphatic imine (C=N–C) groups is 1. The van der Waals surface area contributed by atoms with E-state index in [0.29, 0.717) is 18.2 Å². The topological polar surface area (TPSA) is 58.5 Å². The lowest BCUT2D eigenvalue weighted by Crippen LogP contribution is -2.43. The minimum atomic E-state index is -0.303. The van der Waals surface area contributed by atoms with Gasteiger partial charge < -0.3 is 15.4 Å². The van der Waals surface area contributed by atoms with E-state index in [0.717, 1.165) is 19.6 Å². The molecule has 0 spiro atoms. The van der Waals surface area contributed by atoms with Crippen LogP contribution in [0.25, 0.3) is 0 Å². The highest BCUT2D eigenvalue weighted by Crippen LogP contribution is 2.40. The number of halogens is 2. The molecule has 1 aliphatic rings. The Hall–Kier alpha value is -0.960. The van der Waals surface area contributed by atoms with Gasteiger partial charge in [-0.15, -0.1) is 24.0 Å². The number of methoxy groups -OCH3 is 1. The van der Waals surface area contributed by atoms with Crippen LogP contribution in [0.5, 0.6) is 0 Å². The standard InChI is InChI=1S/C17H27FN4O.HI/c1-19-16(21-12-15-14(18)6-5-10-20-15)22-13-17(9-11-23-2)7-3-4-8-17;/h5-6,10H,3-4,7-9,11-13H2,1-2H3,(H2,19,21,22);1H. The summed E-state index contributed by atoms with van der Waals surface area (Å²) in [5.41, 5.74) is 0.676. The molecule has 1 fully saturated rings. The van der Waals surface area contributed by atoms with E-state index in [1.54, 1.807) is 26.4 Å². The van der Waals surface area contributed by atoms with Crippen molar-refractivity contribution >= 4 is 29.9 Å². The molecule has 2 rings (SSSR count). The molecule has 0 radical (unpaired) electrons. The average molecular weight is 450 g/mol. The molecule has 1 aliphatic carbocycles. The summed E-state index contributed by atoms with van der Waals surface area (Å²) in [5, 5.41) is 6.51. The second-order valence-corrected chi connectivity index (χ2v) is 6.16. The summed E-state index contributed by atoms with van der Waals surface area (Å²) in [7, 11) is 3.47. The fourth-order valence-electron chi connectivity index (χ4n) is 3.17. The number of guanidine groups is 1. The summed E-state index contributed by atoms with van der Waals surface area (Å²) in [6.07, 6.45) is 7.63. The van der Waals surface area contributed by atoms with Gasteiger partial charge in [-0.1, -0.05) is 12.8 Å². The van der Waals surface area contributed by atoms with Gasteiger partial charge in [-0.05, 0) is 36.8 Å². The van der Waals surface area contributed by atoms with Crippen molar-refractivity contribution < 1.29 is 9.13 Å². The van der Waals surface area contributed by atoms with Crippen LogP contribution in [0, 0.1) is 11.2 Å². The molecule has 0 aliphatic heterocycles. The zero-order valence-electron chi connectivity index (χ0n) is 14.5. The molecule has 0 saturated heterocycles. The fraction of sp³-hybridized carbons (Fsp3) is 0.647. The summed E-state index contributed by atoms with van der Waals surface area (Å²) in [4.78, 5) is 8.26. The summed E-state index contributed by atoms with van der Waals surface area (Å²) in [6.45, 7) is 1.96. The largest absolute Gasteiger partial charge is 0.385 e. The summed E-state index contributed by atoms with van der Waals surface area (Å²) < 4.78 is 18.9. The Bertz CT molecular complexity index is 521. The van der Waals surface area contributed by atoms with Crippen LogP contribution in [-0.2, 0) is 11.3 Å². The van der Waals surface area contributed by atoms with Gasteiger partial charge in [0.15, 0.2) is 5.96 Å². The van der Waals surface area contributed by atoms with E-state index in [2.05, 4.69) is 20.6 Å². The van der Waals surface area contributed by atoms with E-state index in [1.165, 1.54) is 31.7 Å². The number of nitrogens with zero attached hydrogens (tertiary/aromatic N) is 2. The Morgan fingerprint density at radius 2 is 2.12 bits per heavy atom. The van der Waals surface area contributed by atoms with Crippen LogP contribution < -0.4 is 10.6 Å². The molecule has 1 saturated carbocycles. The highest BCUT2D eigenvalue weighted by atomic mass is 127. The normalized spacial score (nSPS) is 16.5. The van der Waals surface area contributed by atoms with Gasteiger partial charge in [0.25, 0.3) is 0 Å². The Morgan fingerprint density at radius 3 is 2.75 bits per heavy atom. The minimum absolute atomic E-state index is 0. The predicted octanol–water partition coefficient (Wildman–Crippen LogP) is 3.10. The van der Waals surface area contributed by atoms with E-state index in [1.807, 2.05) is 0 Å². The molecule has 0 amide bonds. The number of hydrogen-bond acceptors (Lipinski definition) is 3. The SMILES string of the molecule is CN=C(NCc1ncccc1F)NCC1(CCOC)CCCC1.I. The number of rotatable bonds is 7. The van der Waals surface area contributed by atoms with Crippen molar-refractivity contribution in [1.29, 1.82) is 0 Å². The first kappa shape index (κ1) is 21.1. The van der Waals surface area contributed by atoms with Crippen molar-refractivity contribution in [2.24, 2.45) is 10.4 Å². The highest BCUT2D eigenvalue weighted by Gasteiger charge is 2.33. The zero-order chi connectivity index (χ0) is 16.5. The van der Waals surface area contributed by atoms with Gasteiger partial charge in [-0.25, -0.2) is 4.39 Å². The maximum atomic E-state index is 13.6.